The highest BCUT2D eigenvalue weighted by Gasteiger charge is 2.24. The second kappa shape index (κ2) is 16.8. The van der Waals surface area contributed by atoms with Gasteiger partial charge >= 0.3 is 0 Å². The fourth-order valence-electron chi connectivity index (χ4n) is 10.8. The van der Waals surface area contributed by atoms with Crippen molar-refractivity contribution in [2.24, 2.45) is 0 Å². The topological polar surface area (TPSA) is 6.48 Å². The summed E-state index contributed by atoms with van der Waals surface area (Å²) < 4.78 is 0. The molecule has 12 aromatic carbocycles. The first-order valence-corrected chi connectivity index (χ1v) is 24.7. The van der Waals surface area contributed by atoms with Crippen molar-refractivity contribution in [1.82, 2.24) is 0 Å². The summed E-state index contributed by atoms with van der Waals surface area (Å²) in [6, 6.07) is 85.8. The maximum absolute atomic E-state index is 2.45. The number of hydrogen-bond acceptors (Lipinski definition) is 2. The van der Waals surface area contributed by atoms with E-state index in [1.54, 1.807) is 0 Å². The molecule has 0 fully saturated rings. The Balaban J connectivity index is 1.03. The molecule has 0 N–H and O–H groups in total. The number of benzene rings is 12. The predicted molar refractivity (Wildman–Crippen MR) is 303 cm³/mol. The molecule has 0 aliphatic carbocycles. The Hall–Kier alpha value is -8.20. The summed E-state index contributed by atoms with van der Waals surface area (Å²) in [5.41, 5.74) is 14.3. The van der Waals surface area contributed by atoms with Gasteiger partial charge in [-0.15, -0.1) is 0 Å². The molecule has 0 aliphatic rings. The number of rotatable bonds is 8. The van der Waals surface area contributed by atoms with Crippen LogP contribution in [0.3, 0.4) is 0 Å². The molecule has 12 rings (SSSR count). The lowest BCUT2D eigenvalue weighted by Crippen LogP contribution is -2.14. The monoisotopic (exact) mass is 900 g/mol. The number of hydrogen-bond donors (Lipinski definition) is 0. The van der Waals surface area contributed by atoms with Gasteiger partial charge < -0.3 is 9.80 Å². The highest BCUT2D eigenvalue weighted by atomic mass is 15.1. The Morgan fingerprint density at radius 3 is 0.957 bits per heavy atom. The zero-order chi connectivity index (χ0) is 47.7. The Labute approximate surface area is 412 Å². The van der Waals surface area contributed by atoms with Crippen molar-refractivity contribution in [2.45, 2.75) is 52.4 Å². The molecule has 0 bridgehead atoms. The van der Waals surface area contributed by atoms with E-state index in [2.05, 4.69) is 282 Å². The smallest absolute Gasteiger partial charge is 0.0540 e. The Kier molecular flexibility index (Phi) is 10.3. The maximum atomic E-state index is 2.45. The van der Waals surface area contributed by atoms with Gasteiger partial charge in [0.25, 0.3) is 0 Å². The van der Waals surface area contributed by atoms with Gasteiger partial charge in [0.1, 0.15) is 0 Å². The first kappa shape index (κ1) is 43.1. The van der Waals surface area contributed by atoms with E-state index in [0.29, 0.717) is 0 Å². The van der Waals surface area contributed by atoms with Gasteiger partial charge in [-0.2, -0.15) is 0 Å². The first-order chi connectivity index (χ1) is 34.0. The standard InChI is InChI=1S/C68H56N2/c1-67(2,3)51-29-37-55(38-30-51)69(53-33-21-47(22-34-53)59-19-11-15-45-13-7-9-17-57(45)59)63-43-27-49-26-42-62-64(44-28-50-25-41-61(63)65(49)66(50)62)70(56-39-31-52(32-40-56)68(4,5)6)54-35-23-48(24-36-54)60-20-12-16-46-14-8-10-18-58(46)60/h7-44H,1-6H3. The Morgan fingerprint density at radius 2 is 0.586 bits per heavy atom. The van der Waals surface area contributed by atoms with Crippen LogP contribution in [0.5, 0.6) is 0 Å². The summed E-state index contributed by atoms with van der Waals surface area (Å²) in [4.78, 5) is 4.90. The molecule has 0 aromatic heterocycles. The number of nitrogens with zero attached hydrogens (tertiary/aromatic N) is 2. The van der Waals surface area contributed by atoms with Crippen LogP contribution in [0.2, 0.25) is 0 Å². The predicted octanol–water partition coefficient (Wildman–Crippen LogP) is 19.8. The third-order valence-corrected chi connectivity index (χ3v) is 14.5. The van der Waals surface area contributed by atoms with Crippen LogP contribution in [0.15, 0.2) is 231 Å². The van der Waals surface area contributed by atoms with E-state index >= 15 is 0 Å². The van der Waals surface area contributed by atoms with Gasteiger partial charge in [0.15, 0.2) is 0 Å². The second-order valence-electron chi connectivity index (χ2n) is 21.0. The van der Waals surface area contributed by atoms with Crippen molar-refractivity contribution < 1.29 is 0 Å². The van der Waals surface area contributed by atoms with Crippen molar-refractivity contribution in [1.29, 1.82) is 0 Å². The van der Waals surface area contributed by atoms with Gasteiger partial charge in [0, 0.05) is 33.5 Å². The zero-order valence-corrected chi connectivity index (χ0v) is 40.8. The molecule has 12 aromatic rings. The van der Waals surface area contributed by atoms with Crippen LogP contribution in [0.1, 0.15) is 52.7 Å². The first-order valence-electron chi connectivity index (χ1n) is 24.7. The Bertz CT molecular complexity index is 3600. The van der Waals surface area contributed by atoms with Gasteiger partial charge in [-0.25, -0.2) is 0 Å². The third-order valence-electron chi connectivity index (χ3n) is 14.5. The molecular weight excluding hydrogens is 845 g/mol. The van der Waals surface area contributed by atoms with Crippen molar-refractivity contribution in [3.8, 4) is 22.3 Å². The molecule has 0 radical (unpaired) electrons. The van der Waals surface area contributed by atoms with Crippen molar-refractivity contribution >= 4 is 88.0 Å². The van der Waals surface area contributed by atoms with Crippen LogP contribution >= 0.6 is 0 Å². The molecule has 2 nitrogen and oxygen atoms in total. The van der Waals surface area contributed by atoms with Gasteiger partial charge in [-0.05, 0) is 148 Å². The molecule has 0 saturated heterocycles. The van der Waals surface area contributed by atoms with Gasteiger partial charge in [0.2, 0.25) is 0 Å². The zero-order valence-electron chi connectivity index (χ0n) is 40.8. The molecule has 0 atom stereocenters. The maximum Gasteiger partial charge on any atom is 0.0540 e. The largest absolute Gasteiger partial charge is 0.310 e. The lowest BCUT2D eigenvalue weighted by molar-refractivity contribution is 0.590. The van der Waals surface area contributed by atoms with Gasteiger partial charge in [-0.3, -0.25) is 0 Å². The van der Waals surface area contributed by atoms with E-state index in [-0.39, 0.29) is 10.8 Å². The minimum absolute atomic E-state index is 0.0372. The average Bonchev–Trinajstić information content (AvgIpc) is 3.38. The fourth-order valence-corrected chi connectivity index (χ4v) is 10.8. The molecule has 0 saturated carbocycles. The summed E-state index contributed by atoms with van der Waals surface area (Å²) in [6.07, 6.45) is 0. The van der Waals surface area contributed by atoms with Crippen LogP contribution in [0, 0.1) is 0 Å². The fraction of sp³-hybridized carbons (Fsp3) is 0.118. The third kappa shape index (κ3) is 7.52. The van der Waals surface area contributed by atoms with Crippen LogP contribution in [-0.2, 0) is 10.8 Å². The van der Waals surface area contributed by atoms with Gasteiger partial charge in [-0.1, -0.05) is 211 Å². The van der Waals surface area contributed by atoms with Crippen LogP contribution in [0.25, 0.3) is 76.1 Å². The van der Waals surface area contributed by atoms with Crippen molar-refractivity contribution in [3.63, 3.8) is 0 Å². The molecule has 0 unspecified atom stereocenters. The number of fused-ring (bicyclic) bond motifs is 2. The summed E-state index contributed by atoms with van der Waals surface area (Å²) >= 11 is 0. The van der Waals surface area contributed by atoms with Crippen LogP contribution in [-0.4, -0.2) is 0 Å². The summed E-state index contributed by atoms with van der Waals surface area (Å²) in [7, 11) is 0. The minimum Gasteiger partial charge on any atom is -0.310 e. The quantitative estimate of drug-likeness (QED) is 0.140. The normalized spacial score (nSPS) is 12.1. The molecule has 0 spiro atoms. The molecule has 338 valence electrons. The van der Waals surface area contributed by atoms with E-state index in [1.807, 2.05) is 0 Å². The van der Waals surface area contributed by atoms with E-state index < -0.39 is 0 Å². The molecule has 70 heavy (non-hydrogen) atoms. The highest BCUT2D eigenvalue weighted by Crippen LogP contribution is 2.48. The van der Waals surface area contributed by atoms with E-state index in [9.17, 15) is 0 Å². The van der Waals surface area contributed by atoms with Gasteiger partial charge in [0.05, 0.1) is 11.4 Å². The van der Waals surface area contributed by atoms with Crippen molar-refractivity contribution in [2.75, 3.05) is 9.80 Å². The lowest BCUT2D eigenvalue weighted by atomic mass is 9.87. The Morgan fingerprint density at radius 1 is 0.257 bits per heavy atom. The molecular formula is C68H56N2. The number of anilines is 6. The summed E-state index contributed by atoms with van der Waals surface area (Å²) in [6.45, 7) is 13.7. The molecule has 0 heterocycles. The second-order valence-corrected chi connectivity index (χ2v) is 21.0. The van der Waals surface area contributed by atoms with Crippen LogP contribution in [0.4, 0.5) is 34.1 Å². The summed E-state index contributed by atoms with van der Waals surface area (Å²) in [5, 5.41) is 12.4. The molecule has 0 aliphatic heterocycles. The molecule has 2 heteroatoms. The minimum atomic E-state index is 0.0372. The van der Waals surface area contributed by atoms with Crippen LogP contribution < -0.4 is 9.80 Å². The summed E-state index contributed by atoms with van der Waals surface area (Å²) in [5.74, 6) is 0. The van der Waals surface area contributed by atoms with E-state index in [0.717, 1.165) is 34.1 Å². The molecule has 0 amide bonds. The SMILES string of the molecule is CC(C)(C)c1ccc(N(c2ccc(-c3cccc4ccccc34)cc2)c2ccc3ccc4c(N(c5ccc(-c6cccc7ccccc67)cc5)c5ccc(C(C)(C)C)cc5)ccc5ccc2c3c54)cc1. The van der Waals surface area contributed by atoms with E-state index in [1.165, 1.54) is 87.2 Å². The highest BCUT2D eigenvalue weighted by molar-refractivity contribution is 6.28. The van der Waals surface area contributed by atoms with Crippen molar-refractivity contribution in [3.05, 3.63) is 242 Å². The average molecular weight is 901 g/mol. The lowest BCUT2D eigenvalue weighted by Gasteiger charge is -2.30. The van der Waals surface area contributed by atoms with E-state index in [4.69, 9.17) is 0 Å².